The largest absolute Gasteiger partial charge is 0.354 e. The number of carbonyl (C=O) groups is 1. The van der Waals surface area contributed by atoms with E-state index in [1.165, 1.54) is 18.3 Å². The van der Waals surface area contributed by atoms with Crippen LogP contribution in [0.5, 0.6) is 0 Å². The standard InChI is InChI=1S/C19H14Cl2FN3O/c20-13-3-1-12(2-4-13)10-24-19(26)18-8-6-15(11-23-18)25-14-5-7-17(22)16(21)9-14/h1-9,11,25H,10H2,(H,24,26). The van der Waals surface area contributed by atoms with Gasteiger partial charge in [-0.3, -0.25) is 4.79 Å². The molecule has 2 aromatic carbocycles. The predicted octanol–water partition coefficient (Wildman–Crippen LogP) is 5.20. The van der Waals surface area contributed by atoms with E-state index in [1.54, 1.807) is 30.3 Å². The van der Waals surface area contributed by atoms with Crippen molar-refractivity contribution in [2.45, 2.75) is 6.54 Å². The molecule has 0 radical (unpaired) electrons. The van der Waals surface area contributed by atoms with E-state index in [1.807, 2.05) is 12.1 Å². The molecule has 3 rings (SSSR count). The van der Waals surface area contributed by atoms with Gasteiger partial charge in [0.1, 0.15) is 11.5 Å². The third kappa shape index (κ3) is 4.71. The summed E-state index contributed by atoms with van der Waals surface area (Å²) in [6, 6.07) is 14.8. The smallest absolute Gasteiger partial charge is 0.270 e. The molecule has 1 aromatic heterocycles. The van der Waals surface area contributed by atoms with Crippen LogP contribution in [0.2, 0.25) is 10.0 Å². The summed E-state index contributed by atoms with van der Waals surface area (Å²) in [7, 11) is 0. The first-order chi connectivity index (χ1) is 12.5. The molecule has 26 heavy (non-hydrogen) atoms. The van der Waals surface area contributed by atoms with Crippen molar-refractivity contribution in [2.24, 2.45) is 0 Å². The third-order valence-electron chi connectivity index (χ3n) is 3.57. The zero-order chi connectivity index (χ0) is 18.5. The summed E-state index contributed by atoms with van der Waals surface area (Å²) < 4.78 is 13.2. The molecule has 0 saturated heterocycles. The van der Waals surface area contributed by atoms with Gasteiger partial charge in [-0.1, -0.05) is 35.3 Å². The van der Waals surface area contributed by atoms with Crippen molar-refractivity contribution in [1.29, 1.82) is 0 Å². The molecule has 0 spiro atoms. The van der Waals surface area contributed by atoms with Gasteiger partial charge in [0.2, 0.25) is 0 Å². The molecular formula is C19H14Cl2FN3O. The lowest BCUT2D eigenvalue weighted by molar-refractivity contribution is 0.0946. The summed E-state index contributed by atoms with van der Waals surface area (Å²) in [5, 5.41) is 6.51. The fraction of sp³-hybridized carbons (Fsp3) is 0.0526. The second-order valence-electron chi connectivity index (χ2n) is 5.50. The van der Waals surface area contributed by atoms with E-state index in [0.29, 0.717) is 28.6 Å². The molecule has 4 nitrogen and oxygen atoms in total. The van der Waals surface area contributed by atoms with Crippen LogP contribution in [0.3, 0.4) is 0 Å². The van der Waals surface area contributed by atoms with Gasteiger partial charge in [-0.25, -0.2) is 9.37 Å². The van der Waals surface area contributed by atoms with Crippen molar-refractivity contribution in [3.8, 4) is 0 Å². The molecular weight excluding hydrogens is 376 g/mol. The summed E-state index contributed by atoms with van der Waals surface area (Å²) >= 11 is 11.6. The number of benzene rings is 2. The summed E-state index contributed by atoms with van der Waals surface area (Å²) in [6.45, 7) is 0.381. The minimum Gasteiger partial charge on any atom is -0.354 e. The van der Waals surface area contributed by atoms with Crippen molar-refractivity contribution in [3.05, 3.63) is 87.9 Å². The molecule has 0 aliphatic heterocycles. The van der Waals surface area contributed by atoms with Gasteiger partial charge < -0.3 is 10.6 Å². The molecule has 3 aromatic rings. The van der Waals surface area contributed by atoms with E-state index >= 15 is 0 Å². The van der Waals surface area contributed by atoms with Gasteiger partial charge in [0, 0.05) is 17.3 Å². The maximum atomic E-state index is 13.2. The molecule has 0 aliphatic carbocycles. The van der Waals surface area contributed by atoms with Gasteiger partial charge in [-0.05, 0) is 48.0 Å². The monoisotopic (exact) mass is 389 g/mol. The van der Waals surface area contributed by atoms with E-state index in [2.05, 4.69) is 15.6 Å². The van der Waals surface area contributed by atoms with Crippen LogP contribution in [0.4, 0.5) is 15.8 Å². The third-order valence-corrected chi connectivity index (χ3v) is 4.11. The molecule has 0 bridgehead atoms. The van der Waals surface area contributed by atoms with Gasteiger partial charge in [0.05, 0.1) is 16.9 Å². The van der Waals surface area contributed by atoms with Crippen LogP contribution in [0.15, 0.2) is 60.8 Å². The van der Waals surface area contributed by atoms with Gasteiger partial charge in [0.25, 0.3) is 5.91 Å². The number of halogens is 3. The number of carbonyl (C=O) groups excluding carboxylic acids is 1. The topological polar surface area (TPSA) is 54.0 Å². The molecule has 0 saturated carbocycles. The quantitative estimate of drug-likeness (QED) is 0.630. The first-order valence-electron chi connectivity index (χ1n) is 7.72. The Labute approximate surface area is 160 Å². The molecule has 1 amide bonds. The van der Waals surface area contributed by atoms with Gasteiger partial charge in [-0.15, -0.1) is 0 Å². The second-order valence-corrected chi connectivity index (χ2v) is 6.34. The number of aromatic nitrogens is 1. The molecule has 7 heteroatoms. The van der Waals surface area contributed by atoms with E-state index in [-0.39, 0.29) is 10.9 Å². The minimum atomic E-state index is -0.483. The van der Waals surface area contributed by atoms with Crippen LogP contribution in [0.1, 0.15) is 16.1 Å². The highest BCUT2D eigenvalue weighted by Gasteiger charge is 2.07. The number of amides is 1. The summed E-state index contributed by atoms with van der Waals surface area (Å²) in [4.78, 5) is 16.3. The maximum Gasteiger partial charge on any atom is 0.270 e. The Morgan fingerprint density at radius 3 is 2.38 bits per heavy atom. The molecule has 1 heterocycles. The lowest BCUT2D eigenvalue weighted by Gasteiger charge is -2.08. The van der Waals surface area contributed by atoms with Crippen molar-refractivity contribution in [1.82, 2.24) is 10.3 Å². The van der Waals surface area contributed by atoms with E-state index < -0.39 is 5.82 Å². The Morgan fingerprint density at radius 2 is 1.73 bits per heavy atom. The number of nitrogens with one attached hydrogen (secondary N) is 2. The Bertz CT molecular complexity index is 915. The van der Waals surface area contributed by atoms with E-state index in [4.69, 9.17) is 23.2 Å². The summed E-state index contributed by atoms with van der Waals surface area (Å²) in [6.07, 6.45) is 1.52. The normalized spacial score (nSPS) is 10.4. The zero-order valence-corrected chi connectivity index (χ0v) is 15.0. The SMILES string of the molecule is O=C(NCc1ccc(Cl)cc1)c1ccc(Nc2ccc(F)c(Cl)c2)cn1. The molecule has 0 atom stereocenters. The average molecular weight is 390 g/mol. The van der Waals surface area contributed by atoms with Crippen molar-refractivity contribution in [3.63, 3.8) is 0 Å². The van der Waals surface area contributed by atoms with Crippen LogP contribution in [-0.2, 0) is 6.54 Å². The Morgan fingerprint density at radius 1 is 1.00 bits per heavy atom. The number of rotatable bonds is 5. The number of hydrogen-bond acceptors (Lipinski definition) is 3. The van der Waals surface area contributed by atoms with Crippen LogP contribution in [0.25, 0.3) is 0 Å². The van der Waals surface area contributed by atoms with E-state index in [0.717, 1.165) is 5.56 Å². The molecule has 2 N–H and O–H groups in total. The summed E-state index contributed by atoms with van der Waals surface area (Å²) in [5.74, 6) is -0.764. The number of pyridine rings is 1. The van der Waals surface area contributed by atoms with Crippen molar-refractivity contribution >= 4 is 40.5 Å². The Balaban J connectivity index is 1.60. The molecule has 0 unspecified atom stereocenters. The van der Waals surface area contributed by atoms with Crippen LogP contribution < -0.4 is 10.6 Å². The first kappa shape index (κ1) is 18.2. The predicted molar refractivity (Wildman–Crippen MR) is 102 cm³/mol. The van der Waals surface area contributed by atoms with E-state index in [9.17, 15) is 9.18 Å². The van der Waals surface area contributed by atoms with Gasteiger partial charge in [0.15, 0.2) is 0 Å². The lowest BCUT2D eigenvalue weighted by Crippen LogP contribution is -2.23. The second kappa shape index (κ2) is 8.17. The highest BCUT2D eigenvalue weighted by molar-refractivity contribution is 6.31. The highest BCUT2D eigenvalue weighted by Crippen LogP contribution is 2.22. The fourth-order valence-electron chi connectivity index (χ4n) is 2.22. The maximum absolute atomic E-state index is 13.2. The molecule has 0 aliphatic rings. The highest BCUT2D eigenvalue weighted by atomic mass is 35.5. The summed E-state index contributed by atoms with van der Waals surface area (Å²) in [5.41, 5.74) is 2.51. The molecule has 0 fully saturated rings. The number of hydrogen-bond donors (Lipinski definition) is 2. The fourth-order valence-corrected chi connectivity index (χ4v) is 2.52. The van der Waals surface area contributed by atoms with Crippen LogP contribution in [0, 0.1) is 5.82 Å². The number of nitrogens with zero attached hydrogens (tertiary/aromatic N) is 1. The molecule has 132 valence electrons. The minimum absolute atomic E-state index is 0.0288. The van der Waals surface area contributed by atoms with Crippen LogP contribution in [-0.4, -0.2) is 10.9 Å². The Kier molecular flexibility index (Phi) is 5.71. The Hall–Kier alpha value is -2.63. The first-order valence-corrected chi connectivity index (χ1v) is 8.47. The number of anilines is 2. The van der Waals surface area contributed by atoms with Crippen molar-refractivity contribution in [2.75, 3.05) is 5.32 Å². The zero-order valence-electron chi connectivity index (χ0n) is 13.5. The average Bonchev–Trinajstić information content (AvgIpc) is 2.65. The lowest BCUT2D eigenvalue weighted by atomic mass is 10.2. The van der Waals surface area contributed by atoms with Gasteiger partial charge >= 0.3 is 0 Å². The van der Waals surface area contributed by atoms with Crippen molar-refractivity contribution < 1.29 is 9.18 Å². The van der Waals surface area contributed by atoms with Gasteiger partial charge in [-0.2, -0.15) is 0 Å². The van der Waals surface area contributed by atoms with Crippen LogP contribution >= 0.6 is 23.2 Å².